The summed E-state index contributed by atoms with van der Waals surface area (Å²) < 4.78 is 1.81. The van der Waals surface area contributed by atoms with Crippen molar-refractivity contribution in [3.05, 3.63) is 72.2 Å². The SMILES string of the molecule is CCc1cc(NC(=O)Nc2ccc(-c3cncc4c3cnn4C)cc2)ccc1CN1CCN(C)CC1. The van der Waals surface area contributed by atoms with Gasteiger partial charge in [-0.05, 0) is 54.4 Å². The Hall–Kier alpha value is -3.75. The van der Waals surface area contributed by atoms with Gasteiger partial charge in [-0.15, -0.1) is 0 Å². The Morgan fingerprint density at radius 3 is 2.36 bits per heavy atom. The van der Waals surface area contributed by atoms with Crippen LogP contribution >= 0.6 is 0 Å². The Bertz CT molecular complexity index is 1350. The van der Waals surface area contributed by atoms with Gasteiger partial charge in [0, 0.05) is 68.3 Å². The van der Waals surface area contributed by atoms with Crippen molar-refractivity contribution >= 4 is 28.3 Å². The molecule has 1 aliphatic heterocycles. The molecule has 186 valence electrons. The number of fused-ring (bicyclic) bond motifs is 1. The molecular formula is C28H33N7O. The predicted molar refractivity (Wildman–Crippen MR) is 145 cm³/mol. The zero-order valence-corrected chi connectivity index (χ0v) is 21.2. The molecule has 2 amide bonds. The van der Waals surface area contributed by atoms with E-state index < -0.39 is 0 Å². The summed E-state index contributed by atoms with van der Waals surface area (Å²) in [4.78, 5) is 21.9. The molecule has 2 N–H and O–H groups in total. The van der Waals surface area contributed by atoms with Crippen molar-refractivity contribution < 1.29 is 4.79 Å². The molecule has 0 saturated carbocycles. The van der Waals surface area contributed by atoms with E-state index in [9.17, 15) is 4.79 Å². The van der Waals surface area contributed by atoms with Gasteiger partial charge in [0.2, 0.25) is 0 Å². The second kappa shape index (κ2) is 10.5. The van der Waals surface area contributed by atoms with Crippen LogP contribution in [0.15, 0.2) is 61.1 Å². The third kappa shape index (κ3) is 5.24. The van der Waals surface area contributed by atoms with E-state index >= 15 is 0 Å². The number of aryl methyl sites for hydroxylation is 2. The number of aromatic nitrogens is 3. The summed E-state index contributed by atoms with van der Waals surface area (Å²) in [7, 11) is 4.08. The molecular weight excluding hydrogens is 450 g/mol. The number of urea groups is 1. The minimum atomic E-state index is -0.257. The molecule has 0 spiro atoms. The first-order valence-corrected chi connectivity index (χ1v) is 12.5. The first-order valence-electron chi connectivity index (χ1n) is 12.5. The lowest BCUT2D eigenvalue weighted by Gasteiger charge is -2.32. The third-order valence-corrected chi connectivity index (χ3v) is 6.96. The van der Waals surface area contributed by atoms with Crippen LogP contribution in [0.2, 0.25) is 0 Å². The number of pyridine rings is 1. The van der Waals surface area contributed by atoms with E-state index in [0.717, 1.165) is 72.5 Å². The van der Waals surface area contributed by atoms with E-state index in [1.54, 1.807) is 0 Å². The van der Waals surface area contributed by atoms with Gasteiger partial charge < -0.3 is 15.5 Å². The summed E-state index contributed by atoms with van der Waals surface area (Å²) in [6.07, 6.45) is 6.44. The van der Waals surface area contributed by atoms with Gasteiger partial charge in [0.25, 0.3) is 0 Å². The Balaban J connectivity index is 1.22. The topological polar surface area (TPSA) is 78.3 Å². The van der Waals surface area contributed by atoms with Crippen LogP contribution in [-0.2, 0) is 20.0 Å². The van der Waals surface area contributed by atoms with E-state index in [4.69, 9.17) is 0 Å². The lowest BCUT2D eigenvalue weighted by atomic mass is 10.0. The molecule has 36 heavy (non-hydrogen) atoms. The summed E-state index contributed by atoms with van der Waals surface area (Å²) >= 11 is 0. The smallest absolute Gasteiger partial charge is 0.308 e. The van der Waals surface area contributed by atoms with Crippen molar-refractivity contribution in [1.29, 1.82) is 0 Å². The molecule has 2 aromatic heterocycles. The van der Waals surface area contributed by atoms with Crippen LogP contribution < -0.4 is 10.6 Å². The number of anilines is 2. The molecule has 0 radical (unpaired) electrons. The number of carbonyl (C=O) groups excluding carboxylic acids is 1. The molecule has 3 heterocycles. The number of rotatable bonds is 6. The van der Waals surface area contributed by atoms with Crippen molar-refractivity contribution in [3.63, 3.8) is 0 Å². The van der Waals surface area contributed by atoms with E-state index in [1.807, 2.05) is 60.7 Å². The van der Waals surface area contributed by atoms with Crippen molar-refractivity contribution in [1.82, 2.24) is 24.6 Å². The summed E-state index contributed by atoms with van der Waals surface area (Å²) in [5, 5.41) is 11.3. The fourth-order valence-electron chi connectivity index (χ4n) is 4.75. The van der Waals surface area contributed by atoms with Crippen LogP contribution in [0.4, 0.5) is 16.2 Å². The van der Waals surface area contributed by atoms with Crippen LogP contribution in [0.25, 0.3) is 22.0 Å². The number of likely N-dealkylation sites (N-methyl/N-ethyl adjacent to an activating group) is 1. The molecule has 1 fully saturated rings. The Morgan fingerprint density at radius 1 is 0.889 bits per heavy atom. The van der Waals surface area contributed by atoms with Gasteiger partial charge in [0.15, 0.2) is 0 Å². The fraction of sp³-hybridized carbons (Fsp3) is 0.321. The predicted octanol–water partition coefficient (Wildman–Crippen LogP) is 4.59. The molecule has 8 nitrogen and oxygen atoms in total. The highest BCUT2D eigenvalue weighted by molar-refractivity contribution is 6.00. The summed E-state index contributed by atoms with van der Waals surface area (Å²) in [6, 6.07) is 13.8. The fourth-order valence-corrected chi connectivity index (χ4v) is 4.75. The van der Waals surface area contributed by atoms with Gasteiger partial charge in [-0.3, -0.25) is 14.6 Å². The van der Waals surface area contributed by atoms with Crippen LogP contribution in [0.1, 0.15) is 18.1 Å². The second-order valence-corrected chi connectivity index (χ2v) is 9.46. The molecule has 4 aromatic rings. The maximum absolute atomic E-state index is 12.7. The molecule has 5 rings (SSSR count). The number of piperazine rings is 1. The molecule has 0 aliphatic carbocycles. The third-order valence-electron chi connectivity index (χ3n) is 6.96. The highest BCUT2D eigenvalue weighted by atomic mass is 16.2. The van der Waals surface area contributed by atoms with Gasteiger partial charge in [-0.25, -0.2) is 4.79 Å². The Kier molecular flexibility index (Phi) is 6.97. The summed E-state index contributed by atoms with van der Waals surface area (Å²) in [6.45, 7) is 7.52. The monoisotopic (exact) mass is 483 g/mol. The highest BCUT2D eigenvalue weighted by Gasteiger charge is 2.16. The van der Waals surface area contributed by atoms with Crippen molar-refractivity contribution in [3.8, 4) is 11.1 Å². The number of carbonyl (C=O) groups is 1. The molecule has 1 saturated heterocycles. The maximum atomic E-state index is 12.7. The minimum Gasteiger partial charge on any atom is -0.308 e. The first kappa shape index (κ1) is 24.0. The van der Waals surface area contributed by atoms with Crippen molar-refractivity contribution in [2.45, 2.75) is 19.9 Å². The quantitative estimate of drug-likeness (QED) is 0.419. The van der Waals surface area contributed by atoms with E-state index in [2.05, 4.69) is 56.6 Å². The second-order valence-electron chi connectivity index (χ2n) is 9.46. The molecule has 2 aromatic carbocycles. The number of hydrogen-bond acceptors (Lipinski definition) is 5. The van der Waals surface area contributed by atoms with Gasteiger partial charge in [0.05, 0.1) is 17.9 Å². The van der Waals surface area contributed by atoms with Crippen LogP contribution in [-0.4, -0.2) is 63.8 Å². The Morgan fingerprint density at radius 2 is 1.61 bits per heavy atom. The first-order chi connectivity index (χ1) is 17.5. The standard InChI is InChI=1S/C28H33N7O/c1-4-20-15-24(10-7-22(20)19-35-13-11-33(2)12-14-35)32-28(36)31-23-8-5-21(6-9-23)25-16-29-18-27-26(25)17-30-34(27)3/h5-10,15-18H,4,11-14,19H2,1-3H3,(H2,31,32,36). The largest absolute Gasteiger partial charge is 0.323 e. The highest BCUT2D eigenvalue weighted by Crippen LogP contribution is 2.28. The van der Waals surface area contributed by atoms with Gasteiger partial charge in [-0.2, -0.15) is 5.10 Å². The zero-order valence-electron chi connectivity index (χ0n) is 21.2. The number of nitrogens with one attached hydrogen (secondary N) is 2. The van der Waals surface area contributed by atoms with E-state index in [0.29, 0.717) is 0 Å². The van der Waals surface area contributed by atoms with Crippen LogP contribution in [0.3, 0.4) is 0 Å². The number of benzene rings is 2. The van der Waals surface area contributed by atoms with Crippen LogP contribution in [0.5, 0.6) is 0 Å². The normalized spacial score (nSPS) is 14.8. The molecule has 0 atom stereocenters. The van der Waals surface area contributed by atoms with E-state index in [-0.39, 0.29) is 6.03 Å². The summed E-state index contributed by atoms with van der Waals surface area (Å²) in [5.41, 5.74) is 7.16. The van der Waals surface area contributed by atoms with Crippen LogP contribution in [0, 0.1) is 0 Å². The Labute approximate surface area is 211 Å². The maximum Gasteiger partial charge on any atom is 0.323 e. The number of amides is 2. The number of nitrogens with zero attached hydrogens (tertiary/aromatic N) is 5. The lowest BCUT2D eigenvalue weighted by Crippen LogP contribution is -2.44. The molecule has 0 unspecified atom stereocenters. The van der Waals surface area contributed by atoms with Crippen molar-refractivity contribution in [2.24, 2.45) is 7.05 Å². The summed E-state index contributed by atoms with van der Waals surface area (Å²) in [5.74, 6) is 0. The average Bonchev–Trinajstić information content (AvgIpc) is 3.27. The molecule has 0 bridgehead atoms. The minimum absolute atomic E-state index is 0.257. The van der Waals surface area contributed by atoms with E-state index in [1.165, 1.54) is 11.1 Å². The zero-order chi connectivity index (χ0) is 25.1. The lowest BCUT2D eigenvalue weighted by molar-refractivity contribution is 0.148. The molecule has 1 aliphatic rings. The van der Waals surface area contributed by atoms with Gasteiger partial charge >= 0.3 is 6.03 Å². The number of hydrogen-bond donors (Lipinski definition) is 2. The van der Waals surface area contributed by atoms with Gasteiger partial charge in [-0.1, -0.05) is 25.1 Å². The molecule has 8 heteroatoms. The average molecular weight is 484 g/mol. The van der Waals surface area contributed by atoms with Gasteiger partial charge in [0.1, 0.15) is 0 Å². The van der Waals surface area contributed by atoms with Crippen molar-refractivity contribution in [2.75, 3.05) is 43.9 Å².